The molecule has 2 aliphatic rings. The Morgan fingerprint density at radius 1 is 0.705 bits per heavy atom. The van der Waals surface area contributed by atoms with Gasteiger partial charge in [-0.05, 0) is 123 Å². The largest absolute Gasteiger partial charge is 0.459 e. The molecule has 0 bridgehead atoms. The van der Waals surface area contributed by atoms with E-state index in [0.29, 0.717) is 24.2 Å². The summed E-state index contributed by atoms with van der Waals surface area (Å²) in [6.07, 6.45) is 5.55. The molecular weight excluding hydrogens is 552 g/mol. The first-order valence-electron chi connectivity index (χ1n) is 16.4. The summed E-state index contributed by atoms with van der Waals surface area (Å²) < 4.78 is 12.0. The summed E-state index contributed by atoms with van der Waals surface area (Å²) in [7, 11) is 0. The second-order valence-corrected chi connectivity index (χ2v) is 15.3. The van der Waals surface area contributed by atoms with Crippen LogP contribution < -0.4 is 5.32 Å². The molecule has 0 spiro atoms. The Labute approximate surface area is 265 Å². The fraction of sp³-hybridized carbons (Fsp3) is 0.622. The van der Waals surface area contributed by atoms with Gasteiger partial charge in [-0.15, -0.1) is 0 Å². The second-order valence-electron chi connectivity index (χ2n) is 15.3. The number of nitrogens with zero attached hydrogens (tertiary/aromatic N) is 1. The van der Waals surface area contributed by atoms with Crippen LogP contribution in [0.25, 0.3) is 11.1 Å². The van der Waals surface area contributed by atoms with Crippen LogP contribution in [0.2, 0.25) is 0 Å². The molecule has 2 aromatic rings. The summed E-state index contributed by atoms with van der Waals surface area (Å²) in [5.41, 5.74) is 2.45. The fourth-order valence-electron chi connectivity index (χ4n) is 7.17. The number of hydroxylamine groups is 2. The lowest BCUT2D eigenvalue weighted by atomic mass is 9.95. The highest BCUT2D eigenvalue weighted by Crippen LogP contribution is 2.38. The third-order valence-corrected chi connectivity index (χ3v) is 8.96. The average molecular weight is 607 g/mol. The van der Waals surface area contributed by atoms with E-state index in [2.05, 4.69) is 72.7 Å². The van der Waals surface area contributed by atoms with E-state index in [1.807, 2.05) is 48.5 Å². The highest BCUT2D eigenvalue weighted by molar-refractivity contribution is 5.91. The summed E-state index contributed by atoms with van der Waals surface area (Å²) in [4.78, 5) is 32.3. The smallest absolute Gasteiger partial charge is 0.338 e. The second kappa shape index (κ2) is 13.3. The number of hydrogen-bond donors (Lipinski definition) is 1. The molecule has 7 nitrogen and oxygen atoms in total. The standard InChI is InChI=1S/C37H54N2O5/c1-10-23-42-39-36(6,7)22-20-31(25-37(39,8)9)44-33(41)29-17-13-27(14-18-29)26-11-15-28(16-12-26)32(40)43-30-19-21-34(2,3)38-35(4,5)24-30/h11-18,30-31,38H,10,19-25H2,1-9H3. The van der Waals surface area contributed by atoms with E-state index < -0.39 is 0 Å². The molecule has 2 aromatic carbocycles. The Bertz CT molecular complexity index is 1280. The quantitative estimate of drug-likeness (QED) is 0.304. The van der Waals surface area contributed by atoms with Crippen LogP contribution in [-0.2, 0) is 14.3 Å². The van der Waals surface area contributed by atoms with Gasteiger partial charge in [0.25, 0.3) is 0 Å². The molecule has 0 aliphatic carbocycles. The normalized spacial score (nSPS) is 24.5. The minimum absolute atomic E-state index is 0.00718. The average Bonchev–Trinajstić information content (AvgIpc) is 3.10. The summed E-state index contributed by atoms with van der Waals surface area (Å²) >= 11 is 0. The number of carbonyl (C=O) groups is 2. The van der Waals surface area contributed by atoms with Gasteiger partial charge >= 0.3 is 11.9 Å². The highest BCUT2D eigenvalue weighted by atomic mass is 16.7. The van der Waals surface area contributed by atoms with Crippen LogP contribution in [-0.4, -0.2) is 58.0 Å². The van der Waals surface area contributed by atoms with Crippen LogP contribution in [0.4, 0.5) is 0 Å². The Kier molecular flexibility index (Phi) is 10.3. The van der Waals surface area contributed by atoms with Crippen molar-refractivity contribution in [2.45, 2.75) is 142 Å². The van der Waals surface area contributed by atoms with E-state index in [-0.39, 0.29) is 46.3 Å². The topological polar surface area (TPSA) is 77.1 Å². The first-order valence-corrected chi connectivity index (χ1v) is 16.4. The number of benzene rings is 2. The Morgan fingerprint density at radius 2 is 1.18 bits per heavy atom. The molecule has 0 amide bonds. The van der Waals surface area contributed by atoms with Gasteiger partial charge in [-0.1, -0.05) is 31.2 Å². The lowest BCUT2D eigenvalue weighted by molar-refractivity contribution is -0.265. The van der Waals surface area contributed by atoms with Crippen molar-refractivity contribution in [2.24, 2.45) is 0 Å². The summed E-state index contributed by atoms with van der Waals surface area (Å²) in [6.45, 7) is 20.2. The molecule has 0 radical (unpaired) electrons. The molecule has 2 heterocycles. The van der Waals surface area contributed by atoms with Crippen LogP contribution in [0, 0.1) is 0 Å². The van der Waals surface area contributed by atoms with Crippen LogP contribution in [0.3, 0.4) is 0 Å². The lowest BCUT2D eigenvalue weighted by Crippen LogP contribution is -2.54. The van der Waals surface area contributed by atoms with Crippen LogP contribution in [0.15, 0.2) is 48.5 Å². The van der Waals surface area contributed by atoms with E-state index in [0.717, 1.165) is 49.7 Å². The minimum atomic E-state index is -0.309. The molecule has 0 saturated carbocycles. The number of rotatable bonds is 8. The molecule has 1 N–H and O–H groups in total. The van der Waals surface area contributed by atoms with Crippen molar-refractivity contribution in [1.29, 1.82) is 0 Å². The van der Waals surface area contributed by atoms with Crippen molar-refractivity contribution in [3.8, 4) is 11.1 Å². The third kappa shape index (κ3) is 8.70. The minimum Gasteiger partial charge on any atom is -0.459 e. The van der Waals surface area contributed by atoms with Gasteiger partial charge < -0.3 is 14.8 Å². The van der Waals surface area contributed by atoms with Crippen molar-refractivity contribution in [3.63, 3.8) is 0 Å². The first kappa shape index (κ1) is 34.1. The molecule has 2 aliphatic heterocycles. The van der Waals surface area contributed by atoms with E-state index in [1.54, 1.807) is 0 Å². The Hall–Kier alpha value is -2.74. The summed E-state index contributed by atoms with van der Waals surface area (Å²) in [6, 6.07) is 14.9. The van der Waals surface area contributed by atoms with Crippen molar-refractivity contribution >= 4 is 11.9 Å². The number of nitrogens with one attached hydrogen (secondary N) is 1. The zero-order chi connectivity index (χ0) is 32.3. The predicted molar refractivity (Wildman–Crippen MR) is 176 cm³/mol. The molecule has 2 atom stereocenters. The zero-order valence-corrected chi connectivity index (χ0v) is 28.4. The molecule has 0 aromatic heterocycles. The predicted octanol–water partition coefficient (Wildman–Crippen LogP) is 8.12. The van der Waals surface area contributed by atoms with Gasteiger partial charge in [0.15, 0.2) is 0 Å². The van der Waals surface area contributed by atoms with Crippen molar-refractivity contribution < 1.29 is 23.9 Å². The van der Waals surface area contributed by atoms with E-state index in [9.17, 15) is 9.59 Å². The molecular formula is C37H54N2O5. The number of esters is 2. The maximum Gasteiger partial charge on any atom is 0.338 e. The van der Waals surface area contributed by atoms with Crippen LogP contribution >= 0.6 is 0 Å². The van der Waals surface area contributed by atoms with Gasteiger partial charge in [-0.3, -0.25) is 4.84 Å². The van der Waals surface area contributed by atoms with Crippen molar-refractivity contribution in [3.05, 3.63) is 59.7 Å². The summed E-state index contributed by atoms with van der Waals surface area (Å²) in [5.74, 6) is -0.600. The highest BCUT2D eigenvalue weighted by Gasteiger charge is 2.44. The first-order chi connectivity index (χ1) is 20.5. The van der Waals surface area contributed by atoms with Gasteiger partial charge in [0.1, 0.15) is 12.2 Å². The molecule has 4 rings (SSSR count). The maximum atomic E-state index is 13.2. The molecule has 2 fully saturated rings. The van der Waals surface area contributed by atoms with E-state index in [1.165, 1.54) is 0 Å². The molecule has 44 heavy (non-hydrogen) atoms. The molecule has 7 heteroatoms. The van der Waals surface area contributed by atoms with Gasteiger partial charge in [0.2, 0.25) is 0 Å². The van der Waals surface area contributed by atoms with Crippen molar-refractivity contribution in [1.82, 2.24) is 10.4 Å². The molecule has 2 saturated heterocycles. The monoisotopic (exact) mass is 606 g/mol. The fourth-order valence-corrected chi connectivity index (χ4v) is 7.17. The van der Waals surface area contributed by atoms with E-state index >= 15 is 0 Å². The summed E-state index contributed by atoms with van der Waals surface area (Å²) in [5, 5.41) is 5.80. The maximum absolute atomic E-state index is 13.2. The number of hydrogen-bond acceptors (Lipinski definition) is 7. The molecule has 242 valence electrons. The SMILES string of the molecule is CCCON1C(C)(C)CCC(OC(=O)c2ccc(-c3ccc(C(=O)OC4CCC(C)(C)NC(C)(C)C4)cc3)cc2)CC1(C)C. The van der Waals surface area contributed by atoms with Crippen LogP contribution in [0.1, 0.15) is 128 Å². The van der Waals surface area contributed by atoms with Crippen molar-refractivity contribution in [2.75, 3.05) is 6.61 Å². The Morgan fingerprint density at radius 3 is 1.68 bits per heavy atom. The van der Waals surface area contributed by atoms with Gasteiger partial charge in [0.05, 0.1) is 17.7 Å². The number of carbonyl (C=O) groups excluding carboxylic acids is 2. The van der Waals surface area contributed by atoms with Gasteiger partial charge in [-0.2, -0.15) is 5.06 Å². The zero-order valence-electron chi connectivity index (χ0n) is 28.4. The Balaban J connectivity index is 1.36. The van der Waals surface area contributed by atoms with Crippen LogP contribution in [0.5, 0.6) is 0 Å². The lowest BCUT2D eigenvalue weighted by Gasteiger charge is -2.45. The van der Waals surface area contributed by atoms with Gasteiger partial charge in [-0.25, -0.2) is 9.59 Å². The van der Waals surface area contributed by atoms with E-state index in [4.69, 9.17) is 14.3 Å². The number of ether oxygens (including phenoxy) is 2. The third-order valence-electron chi connectivity index (χ3n) is 8.96. The van der Waals surface area contributed by atoms with Gasteiger partial charge in [0, 0.05) is 35.0 Å². The molecule has 2 unspecified atom stereocenters.